The van der Waals surface area contributed by atoms with Crippen molar-refractivity contribution in [3.05, 3.63) is 57.3 Å². The predicted molar refractivity (Wildman–Crippen MR) is 79.5 cm³/mol. The second kappa shape index (κ2) is 6.25. The molecule has 2 aromatic rings. The standard InChI is InChI=1S/C15H13Cl2NO2/c1-9-5-12(6-10(2)15(9)17)20-14(19)7-11-3-4-13(16)18-8-11/h3-6,8H,7H2,1-2H3. The van der Waals surface area contributed by atoms with Gasteiger partial charge in [0.15, 0.2) is 0 Å². The first-order valence-electron chi connectivity index (χ1n) is 6.03. The van der Waals surface area contributed by atoms with Gasteiger partial charge in [0.25, 0.3) is 0 Å². The molecule has 0 atom stereocenters. The number of halogens is 2. The minimum absolute atomic E-state index is 0.144. The Labute approximate surface area is 127 Å². The zero-order valence-electron chi connectivity index (χ0n) is 11.1. The van der Waals surface area contributed by atoms with Gasteiger partial charge < -0.3 is 4.74 Å². The van der Waals surface area contributed by atoms with Crippen molar-refractivity contribution in [1.82, 2.24) is 4.98 Å². The van der Waals surface area contributed by atoms with Crippen LogP contribution in [0.25, 0.3) is 0 Å². The van der Waals surface area contributed by atoms with Crippen molar-refractivity contribution in [2.75, 3.05) is 0 Å². The molecular weight excluding hydrogens is 297 g/mol. The Morgan fingerprint density at radius 3 is 2.40 bits per heavy atom. The van der Waals surface area contributed by atoms with Crippen molar-refractivity contribution in [3.8, 4) is 5.75 Å². The molecule has 5 heteroatoms. The Bertz CT molecular complexity index is 616. The molecule has 0 spiro atoms. The van der Waals surface area contributed by atoms with Crippen LogP contribution in [0.2, 0.25) is 10.2 Å². The van der Waals surface area contributed by atoms with E-state index in [1.54, 1.807) is 30.5 Å². The van der Waals surface area contributed by atoms with Gasteiger partial charge in [-0.2, -0.15) is 0 Å². The first kappa shape index (κ1) is 14.8. The van der Waals surface area contributed by atoms with E-state index >= 15 is 0 Å². The highest BCUT2D eigenvalue weighted by Gasteiger charge is 2.09. The summed E-state index contributed by atoms with van der Waals surface area (Å²) in [6, 6.07) is 6.87. The zero-order chi connectivity index (χ0) is 14.7. The number of aromatic nitrogens is 1. The van der Waals surface area contributed by atoms with Crippen molar-refractivity contribution in [1.29, 1.82) is 0 Å². The van der Waals surface area contributed by atoms with E-state index in [1.165, 1.54) is 0 Å². The fourth-order valence-electron chi connectivity index (χ4n) is 1.81. The molecule has 0 saturated heterocycles. The summed E-state index contributed by atoms with van der Waals surface area (Å²) in [4.78, 5) is 15.8. The molecule has 20 heavy (non-hydrogen) atoms. The van der Waals surface area contributed by atoms with Gasteiger partial charge in [-0.15, -0.1) is 0 Å². The largest absolute Gasteiger partial charge is 0.426 e. The SMILES string of the molecule is Cc1cc(OC(=O)Cc2ccc(Cl)nc2)cc(C)c1Cl. The van der Waals surface area contributed by atoms with Crippen LogP contribution in [0.4, 0.5) is 0 Å². The van der Waals surface area contributed by atoms with E-state index in [-0.39, 0.29) is 12.4 Å². The van der Waals surface area contributed by atoms with Crippen LogP contribution in [0.5, 0.6) is 5.75 Å². The molecule has 0 N–H and O–H groups in total. The normalized spacial score (nSPS) is 10.4. The molecule has 0 saturated carbocycles. The lowest BCUT2D eigenvalue weighted by atomic mass is 10.1. The summed E-state index contributed by atoms with van der Waals surface area (Å²) in [5.74, 6) is 0.145. The number of rotatable bonds is 3. The summed E-state index contributed by atoms with van der Waals surface area (Å²) < 4.78 is 5.31. The molecule has 0 aliphatic carbocycles. The molecule has 0 radical (unpaired) electrons. The smallest absolute Gasteiger partial charge is 0.315 e. The van der Waals surface area contributed by atoms with Gasteiger partial charge in [-0.3, -0.25) is 4.79 Å². The maximum atomic E-state index is 11.9. The third-order valence-corrected chi connectivity index (χ3v) is 3.60. The van der Waals surface area contributed by atoms with Crippen LogP contribution in [0.15, 0.2) is 30.5 Å². The fourth-order valence-corrected chi connectivity index (χ4v) is 2.03. The van der Waals surface area contributed by atoms with E-state index in [2.05, 4.69) is 4.98 Å². The van der Waals surface area contributed by atoms with Crippen molar-refractivity contribution >= 4 is 29.2 Å². The average molecular weight is 310 g/mol. The number of hydrogen-bond acceptors (Lipinski definition) is 3. The summed E-state index contributed by atoms with van der Waals surface area (Å²) in [5.41, 5.74) is 2.51. The second-order valence-electron chi connectivity index (χ2n) is 4.51. The van der Waals surface area contributed by atoms with Gasteiger partial charge in [0.2, 0.25) is 0 Å². The van der Waals surface area contributed by atoms with Gasteiger partial charge in [0.05, 0.1) is 6.42 Å². The molecule has 1 heterocycles. The number of esters is 1. The van der Waals surface area contributed by atoms with Crippen LogP contribution in [-0.2, 0) is 11.2 Å². The highest BCUT2D eigenvalue weighted by molar-refractivity contribution is 6.32. The lowest BCUT2D eigenvalue weighted by Crippen LogP contribution is -2.11. The summed E-state index contributed by atoms with van der Waals surface area (Å²) in [7, 11) is 0. The molecule has 0 aliphatic rings. The van der Waals surface area contributed by atoms with Crippen LogP contribution < -0.4 is 4.74 Å². The molecule has 104 valence electrons. The van der Waals surface area contributed by atoms with Gasteiger partial charge in [0, 0.05) is 11.2 Å². The van der Waals surface area contributed by atoms with Gasteiger partial charge in [-0.05, 0) is 48.7 Å². The Kier molecular flexibility index (Phi) is 4.63. The Hall–Kier alpha value is -1.58. The Morgan fingerprint density at radius 1 is 1.20 bits per heavy atom. The van der Waals surface area contributed by atoms with Crippen LogP contribution in [0.3, 0.4) is 0 Å². The van der Waals surface area contributed by atoms with E-state index in [0.29, 0.717) is 15.9 Å². The number of carbonyl (C=O) groups excluding carboxylic acids is 1. The first-order chi connectivity index (χ1) is 9.45. The average Bonchev–Trinajstić information content (AvgIpc) is 2.38. The van der Waals surface area contributed by atoms with Crippen molar-refractivity contribution in [2.24, 2.45) is 0 Å². The molecule has 3 nitrogen and oxygen atoms in total. The van der Waals surface area contributed by atoms with Crippen molar-refractivity contribution in [3.63, 3.8) is 0 Å². The van der Waals surface area contributed by atoms with E-state index in [1.807, 2.05) is 13.8 Å². The Balaban J connectivity index is 2.06. The van der Waals surface area contributed by atoms with Crippen LogP contribution in [0, 0.1) is 13.8 Å². The van der Waals surface area contributed by atoms with Gasteiger partial charge >= 0.3 is 5.97 Å². The van der Waals surface area contributed by atoms with Gasteiger partial charge in [0.1, 0.15) is 10.9 Å². The third-order valence-electron chi connectivity index (χ3n) is 2.78. The molecule has 1 aromatic heterocycles. The van der Waals surface area contributed by atoms with Gasteiger partial charge in [-0.1, -0.05) is 29.3 Å². The highest BCUT2D eigenvalue weighted by atomic mass is 35.5. The fraction of sp³-hybridized carbons (Fsp3) is 0.200. The number of nitrogens with zero attached hydrogens (tertiary/aromatic N) is 1. The number of ether oxygens (including phenoxy) is 1. The topological polar surface area (TPSA) is 39.2 Å². The van der Waals surface area contributed by atoms with Crippen LogP contribution >= 0.6 is 23.2 Å². The molecule has 0 aliphatic heterocycles. The van der Waals surface area contributed by atoms with Crippen molar-refractivity contribution < 1.29 is 9.53 Å². The van der Waals surface area contributed by atoms with E-state index in [9.17, 15) is 4.79 Å². The van der Waals surface area contributed by atoms with Crippen LogP contribution in [0.1, 0.15) is 16.7 Å². The minimum Gasteiger partial charge on any atom is -0.426 e. The molecular formula is C15H13Cl2NO2. The lowest BCUT2D eigenvalue weighted by Gasteiger charge is -2.08. The van der Waals surface area contributed by atoms with Gasteiger partial charge in [-0.25, -0.2) is 4.98 Å². The number of carbonyl (C=O) groups is 1. The molecule has 1 aromatic carbocycles. The number of hydrogen-bond donors (Lipinski definition) is 0. The van der Waals surface area contributed by atoms with E-state index < -0.39 is 0 Å². The quantitative estimate of drug-likeness (QED) is 0.485. The summed E-state index contributed by atoms with van der Waals surface area (Å²) in [5, 5.41) is 1.08. The third kappa shape index (κ3) is 3.71. The number of pyridine rings is 1. The Morgan fingerprint density at radius 2 is 1.85 bits per heavy atom. The summed E-state index contributed by atoms with van der Waals surface area (Å²) in [6.45, 7) is 3.74. The van der Waals surface area contributed by atoms with Crippen molar-refractivity contribution in [2.45, 2.75) is 20.3 Å². The predicted octanol–water partition coefficient (Wildman–Crippen LogP) is 4.15. The summed E-state index contributed by atoms with van der Waals surface area (Å²) >= 11 is 11.8. The molecule has 0 fully saturated rings. The van der Waals surface area contributed by atoms with Crippen LogP contribution in [-0.4, -0.2) is 11.0 Å². The van der Waals surface area contributed by atoms with E-state index in [4.69, 9.17) is 27.9 Å². The molecule has 2 rings (SSSR count). The number of aryl methyl sites for hydroxylation is 2. The minimum atomic E-state index is -0.352. The molecule has 0 bridgehead atoms. The second-order valence-corrected chi connectivity index (χ2v) is 5.28. The summed E-state index contributed by atoms with van der Waals surface area (Å²) in [6.07, 6.45) is 1.70. The maximum absolute atomic E-state index is 11.9. The number of benzene rings is 1. The first-order valence-corrected chi connectivity index (χ1v) is 6.79. The molecule has 0 amide bonds. The monoisotopic (exact) mass is 309 g/mol. The zero-order valence-corrected chi connectivity index (χ0v) is 12.6. The lowest BCUT2D eigenvalue weighted by molar-refractivity contribution is -0.133. The molecule has 0 unspecified atom stereocenters. The maximum Gasteiger partial charge on any atom is 0.315 e. The highest BCUT2D eigenvalue weighted by Crippen LogP contribution is 2.26. The van der Waals surface area contributed by atoms with E-state index in [0.717, 1.165) is 16.7 Å².